The molecule has 0 radical (unpaired) electrons. The van der Waals surface area contributed by atoms with Crippen molar-refractivity contribution in [3.63, 3.8) is 0 Å². The Morgan fingerprint density at radius 1 is 1.24 bits per heavy atom. The zero-order valence-corrected chi connectivity index (χ0v) is 15.2. The van der Waals surface area contributed by atoms with Crippen LogP contribution in [0.3, 0.4) is 0 Å². The van der Waals surface area contributed by atoms with E-state index in [1.54, 1.807) is 14.2 Å². The topological polar surface area (TPSA) is 30.5 Å². The van der Waals surface area contributed by atoms with Crippen molar-refractivity contribution < 1.29 is 9.47 Å². The van der Waals surface area contributed by atoms with Gasteiger partial charge < -0.3 is 14.8 Å². The van der Waals surface area contributed by atoms with Crippen LogP contribution in [-0.4, -0.2) is 33.9 Å². The van der Waals surface area contributed by atoms with E-state index in [1.807, 2.05) is 6.07 Å². The second-order valence-electron chi connectivity index (χ2n) is 5.87. The van der Waals surface area contributed by atoms with Crippen LogP contribution in [0.2, 0.25) is 0 Å². The summed E-state index contributed by atoms with van der Waals surface area (Å²) >= 11 is 3.56. The summed E-state index contributed by atoms with van der Waals surface area (Å²) < 4.78 is 11.4. The van der Waals surface area contributed by atoms with Crippen molar-refractivity contribution in [3.05, 3.63) is 28.2 Å². The van der Waals surface area contributed by atoms with Crippen molar-refractivity contribution in [2.24, 2.45) is 11.8 Å². The van der Waals surface area contributed by atoms with Crippen LogP contribution in [-0.2, 0) is 11.2 Å². The van der Waals surface area contributed by atoms with Crippen molar-refractivity contribution in [1.82, 2.24) is 5.32 Å². The molecular formula is C17H28BrNO2. The van der Waals surface area contributed by atoms with Gasteiger partial charge in [0, 0.05) is 13.7 Å². The summed E-state index contributed by atoms with van der Waals surface area (Å²) in [7, 11) is 3.43. The highest BCUT2D eigenvalue weighted by Crippen LogP contribution is 2.27. The van der Waals surface area contributed by atoms with Crippen molar-refractivity contribution in [2.75, 3.05) is 33.9 Å². The summed E-state index contributed by atoms with van der Waals surface area (Å²) in [5.41, 5.74) is 1.35. The van der Waals surface area contributed by atoms with Crippen molar-refractivity contribution in [1.29, 1.82) is 0 Å². The lowest BCUT2D eigenvalue weighted by molar-refractivity contribution is 0.197. The van der Waals surface area contributed by atoms with Crippen LogP contribution < -0.4 is 10.1 Å². The van der Waals surface area contributed by atoms with Gasteiger partial charge in [-0.1, -0.05) is 19.9 Å². The molecule has 1 unspecified atom stereocenters. The highest BCUT2D eigenvalue weighted by Gasteiger charge is 2.13. The van der Waals surface area contributed by atoms with Gasteiger partial charge in [-0.05, 0) is 64.8 Å². The first-order valence-corrected chi connectivity index (χ1v) is 8.38. The molecule has 1 atom stereocenters. The molecule has 0 aliphatic heterocycles. The number of ether oxygens (including phenoxy) is 2. The van der Waals surface area contributed by atoms with Gasteiger partial charge in [-0.3, -0.25) is 0 Å². The molecular weight excluding hydrogens is 330 g/mol. The molecule has 1 aromatic carbocycles. The van der Waals surface area contributed by atoms with E-state index in [2.05, 4.69) is 47.2 Å². The first kappa shape index (κ1) is 18.5. The molecule has 1 rings (SSSR count). The zero-order valence-electron chi connectivity index (χ0n) is 13.6. The van der Waals surface area contributed by atoms with Crippen molar-refractivity contribution in [2.45, 2.75) is 26.7 Å². The fourth-order valence-electron chi connectivity index (χ4n) is 2.56. The molecule has 0 saturated carbocycles. The average Bonchev–Trinajstić information content (AvgIpc) is 2.43. The van der Waals surface area contributed by atoms with Gasteiger partial charge in [-0.25, -0.2) is 0 Å². The molecule has 0 fully saturated rings. The minimum Gasteiger partial charge on any atom is -0.496 e. The van der Waals surface area contributed by atoms with Gasteiger partial charge in [0.25, 0.3) is 0 Å². The Labute approximate surface area is 137 Å². The summed E-state index contributed by atoms with van der Waals surface area (Å²) in [6.45, 7) is 7.28. The normalized spacial score (nSPS) is 12.7. The number of halogens is 1. The van der Waals surface area contributed by atoms with Crippen LogP contribution in [0.15, 0.2) is 22.7 Å². The predicted octanol–water partition coefficient (Wildman–Crippen LogP) is 3.90. The number of hydrogen-bond donors (Lipinski definition) is 1. The molecule has 0 amide bonds. The van der Waals surface area contributed by atoms with Crippen LogP contribution in [0, 0.1) is 11.8 Å². The average molecular weight is 358 g/mol. The zero-order chi connectivity index (χ0) is 15.7. The standard InChI is InChI=1S/C17H28BrNO2/c1-13(2)9-15(12-19-7-8-20-3)10-14-5-6-17(21-4)16(18)11-14/h5-6,11,13,15,19H,7-10,12H2,1-4H3. The Kier molecular flexibility index (Phi) is 8.97. The number of hydrogen-bond acceptors (Lipinski definition) is 3. The van der Waals surface area contributed by atoms with E-state index in [-0.39, 0.29) is 0 Å². The smallest absolute Gasteiger partial charge is 0.133 e. The molecule has 4 heteroatoms. The van der Waals surface area contributed by atoms with Gasteiger partial charge in [-0.2, -0.15) is 0 Å². The van der Waals surface area contributed by atoms with E-state index in [0.717, 1.165) is 36.3 Å². The number of benzene rings is 1. The van der Waals surface area contributed by atoms with Crippen LogP contribution in [0.5, 0.6) is 5.75 Å². The van der Waals surface area contributed by atoms with E-state index in [1.165, 1.54) is 12.0 Å². The molecule has 0 bridgehead atoms. The molecule has 0 saturated heterocycles. The van der Waals surface area contributed by atoms with Crippen LogP contribution >= 0.6 is 15.9 Å². The first-order valence-electron chi connectivity index (χ1n) is 7.58. The fraction of sp³-hybridized carbons (Fsp3) is 0.647. The molecule has 1 N–H and O–H groups in total. The molecule has 0 spiro atoms. The van der Waals surface area contributed by atoms with E-state index in [4.69, 9.17) is 9.47 Å². The minimum absolute atomic E-state index is 0.641. The van der Waals surface area contributed by atoms with Crippen LogP contribution in [0.4, 0.5) is 0 Å². The highest BCUT2D eigenvalue weighted by molar-refractivity contribution is 9.10. The molecule has 0 aliphatic carbocycles. The summed E-state index contributed by atoms with van der Waals surface area (Å²) in [5.74, 6) is 2.24. The summed E-state index contributed by atoms with van der Waals surface area (Å²) in [6.07, 6.45) is 2.31. The molecule has 21 heavy (non-hydrogen) atoms. The highest BCUT2D eigenvalue weighted by atomic mass is 79.9. The monoisotopic (exact) mass is 357 g/mol. The van der Waals surface area contributed by atoms with Gasteiger partial charge in [0.05, 0.1) is 18.2 Å². The molecule has 120 valence electrons. The minimum atomic E-state index is 0.641. The number of methoxy groups -OCH3 is 2. The van der Waals surface area contributed by atoms with Gasteiger partial charge in [0.2, 0.25) is 0 Å². The van der Waals surface area contributed by atoms with E-state index in [0.29, 0.717) is 11.8 Å². The SMILES string of the molecule is COCCNCC(Cc1ccc(OC)c(Br)c1)CC(C)C. The quantitative estimate of drug-likeness (QED) is 0.644. The molecule has 0 heterocycles. The third-order valence-electron chi connectivity index (χ3n) is 3.46. The van der Waals surface area contributed by atoms with E-state index >= 15 is 0 Å². The summed E-state index contributed by atoms with van der Waals surface area (Å²) in [6, 6.07) is 6.36. The molecule has 1 aromatic rings. The maximum atomic E-state index is 5.29. The van der Waals surface area contributed by atoms with E-state index in [9.17, 15) is 0 Å². The summed E-state index contributed by atoms with van der Waals surface area (Å²) in [4.78, 5) is 0. The fourth-order valence-corrected chi connectivity index (χ4v) is 3.14. The summed E-state index contributed by atoms with van der Waals surface area (Å²) in [5, 5.41) is 3.49. The lowest BCUT2D eigenvalue weighted by Gasteiger charge is -2.20. The second-order valence-corrected chi connectivity index (χ2v) is 6.72. The first-order chi connectivity index (χ1) is 10.1. The maximum absolute atomic E-state index is 5.29. The van der Waals surface area contributed by atoms with Gasteiger partial charge in [0.1, 0.15) is 5.75 Å². The Balaban J connectivity index is 2.60. The third kappa shape index (κ3) is 7.30. The lowest BCUT2D eigenvalue weighted by Crippen LogP contribution is -2.28. The van der Waals surface area contributed by atoms with Gasteiger partial charge in [0.15, 0.2) is 0 Å². The van der Waals surface area contributed by atoms with Crippen molar-refractivity contribution >= 4 is 15.9 Å². The maximum Gasteiger partial charge on any atom is 0.133 e. The predicted molar refractivity (Wildman–Crippen MR) is 92.1 cm³/mol. The largest absolute Gasteiger partial charge is 0.496 e. The number of nitrogens with one attached hydrogen (secondary N) is 1. The second kappa shape index (κ2) is 10.2. The Hall–Kier alpha value is -0.580. The van der Waals surface area contributed by atoms with Crippen LogP contribution in [0.1, 0.15) is 25.8 Å². The Morgan fingerprint density at radius 3 is 2.57 bits per heavy atom. The number of rotatable bonds is 10. The van der Waals surface area contributed by atoms with E-state index < -0.39 is 0 Å². The van der Waals surface area contributed by atoms with Gasteiger partial charge in [-0.15, -0.1) is 0 Å². The lowest BCUT2D eigenvalue weighted by atomic mass is 9.91. The molecule has 0 aromatic heterocycles. The molecule has 0 aliphatic rings. The van der Waals surface area contributed by atoms with Crippen LogP contribution in [0.25, 0.3) is 0 Å². The third-order valence-corrected chi connectivity index (χ3v) is 4.08. The molecule has 3 nitrogen and oxygen atoms in total. The van der Waals surface area contributed by atoms with Gasteiger partial charge >= 0.3 is 0 Å². The Bertz CT molecular complexity index is 410. The van der Waals surface area contributed by atoms with Crippen molar-refractivity contribution in [3.8, 4) is 5.75 Å². The Morgan fingerprint density at radius 2 is 2.00 bits per heavy atom.